The van der Waals surface area contributed by atoms with E-state index in [0.717, 1.165) is 28.2 Å². The van der Waals surface area contributed by atoms with Gasteiger partial charge in [0.15, 0.2) is 11.5 Å². The first-order valence-electron chi connectivity index (χ1n) is 12.9. The van der Waals surface area contributed by atoms with Gasteiger partial charge in [0, 0.05) is 23.7 Å². The largest absolute Gasteiger partial charge is 0.497 e. The van der Waals surface area contributed by atoms with E-state index >= 15 is 0 Å². The van der Waals surface area contributed by atoms with Crippen LogP contribution in [0, 0.1) is 0 Å². The molecule has 210 valence electrons. The lowest BCUT2D eigenvalue weighted by atomic mass is 10.1. The third-order valence-electron chi connectivity index (χ3n) is 6.69. The zero-order valence-electron chi connectivity index (χ0n) is 23.0. The molecule has 3 aromatic carbocycles. The Labute approximate surface area is 243 Å². The Morgan fingerprint density at radius 3 is 2.33 bits per heavy atom. The van der Waals surface area contributed by atoms with Crippen molar-refractivity contribution in [3.8, 4) is 34.2 Å². The van der Waals surface area contributed by atoms with Crippen molar-refractivity contribution in [1.29, 1.82) is 0 Å². The van der Waals surface area contributed by atoms with Crippen molar-refractivity contribution >= 4 is 22.4 Å². The molecule has 0 aliphatic heterocycles. The predicted molar refractivity (Wildman–Crippen MR) is 160 cm³/mol. The molecule has 0 aliphatic rings. The number of rotatable bonds is 8. The van der Waals surface area contributed by atoms with Gasteiger partial charge >= 0.3 is 0 Å². The Bertz CT molecular complexity index is 2070. The molecular formula is C31H25N5O5S. The number of para-hydroxylation sites is 1. The van der Waals surface area contributed by atoms with Crippen molar-refractivity contribution < 1.29 is 14.2 Å². The first-order valence-corrected chi connectivity index (χ1v) is 13.7. The van der Waals surface area contributed by atoms with E-state index in [4.69, 9.17) is 19.3 Å². The quantitative estimate of drug-likeness (QED) is 0.270. The van der Waals surface area contributed by atoms with Gasteiger partial charge in [0.25, 0.3) is 11.1 Å². The van der Waals surface area contributed by atoms with Gasteiger partial charge in [-0.1, -0.05) is 41.7 Å². The summed E-state index contributed by atoms with van der Waals surface area (Å²) in [7, 11) is 4.74. The molecule has 0 N–H and O–H groups in total. The second-order valence-corrected chi connectivity index (χ2v) is 10.3. The number of ether oxygens (including phenoxy) is 3. The number of nitrogens with zero attached hydrogens (tertiary/aromatic N) is 5. The van der Waals surface area contributed by atoms with Crippen LogP contribution < -0.4 is 29.9 Å². The Kier molecular flexibility index (Phi) is 7.24. The van der Waals surface area contributed by atoms with E-state index in [2.05, 4.69) is 10.1 Å². The van der Waals surface area contributed by atoms with E-state index in [-0.39, 0.29) is 22.6 Å². The third kappa shape index (κ3) is 5.13. The van der Waals surface area contributed by atoms with Crippen LogP contribution in [-0.4, -0.2) is 45.7 Å². The van der Waals surface area contributed by atoms with Crippen LogP contribution >= 0.6 is 11.3 Å². The molecule has 11 heteroatoms. The summed E-state index contributed by atoms with van der Waals surface area (Å²) in [6, 6.07) is 22.5. The summed E-state index contributed by atoms with van der Waals surface area (Å²) in [4.78, 5) is 30.7. The molecule has 6 rings (SSSR count). The third-order valence-corrected chi connectivity index (χ3v) is 7.65. The fraction of sp³-hybridized carbons (Fsp3) is 0.129. The maximum absolute atomic E-state index is 13.5. The highest BCUT2D eigenvalue weighted by molar-refractivity contribution is 7.15. The van der Waals surface area contributed by atoms with Crippen molar-refractivity contribution in [2.75, 3.05) is 21.3 Å². The summed E-state index contributed by atoms with van der Waals surface area (Å²) in [5.41, 5.74) is 3.14. The predicted octanol–water partition coefficient (Wildman–Crippen LogP) is 3.53. The molecule has 3 heterocycles. The van der Waals surface area contributed by atoms with Gasteiger partial charge < -0.3 is 14.2 Å². The Morgan fingerprint density at radius 1 is 0.857 bits per heavy atom. The molecule has 10 nitrogen and oxygen atoms in total. The average molecular weight is 580 g/mol. The second-order valence-electron chi connectivity index (χ2n) is 9.28. The Balaban J connectivity index is 1.47. The number of benzene rings is 3. The van der Waals surface area contributed by atoms with Crippen LogP contribution in [0.5, 0.6) is 17.2 Å². The molecule has 0 aliphatic carbocycles. The van der Waals surface area contributed by atoms with Crippen molar-refractivity contribution in [3.05, 3.63) is 121 Å². The number of thiazole rings is 1. The molecule has 0 saturated carbocycles. The smallest absolute Gasteiger partial charge is 0.296 e. The van der Waals surface area contributed by atoms with Crippen molar-refractivity contribution in [1.82, 2.24) is 24.4 Å². The number of methoxy groups -OCH3 is 3. The fourth-order valence-electron chi connectivity index (χ4n) is 4.54. The molecule has 0 unspecified atom stereocenters. The summed E-state index contributed by atoms with van der Waals surface area (Å²) in [6.45, 7) is 0. The molecule has 0 saturated heterocycles. The highest BCUT2D eigenvalue weighted by Gasteiger charge is 2.16. The molecule has 0 radical (unpaired) electrons. The van der Waals surface area contributed by atoms with Gasteiger partial charge in [0.2, 0.25) is 4.96 Å². The molecule has 0 atom stereocenters. The number of aromatic nitrogens is 5. The molecular weight excluding hydrogens is 554 g/mol. The van der Waals surface area contributed by atoms with Gasteiger partial charge in [-0.15, -0.1) is 0 Å². The summed E-state index contributed by atoms with van der Waals surface area (Å²) in [5.74, 6) is 1.85. The normalized spacial score (nSPS) is 11.6. The van der Waals surface area contributed by atoms with Gasteiger partial charge in [0.1, 0.15) is 17.1 Å². The first-order chi connectivity index (χ1) is 20.5. The van der Waals surface area contributed by atoms with Crippen LogP contribution in [0.4, 0.5) is 0 Å². The van der Waals surface area contributed by atoms with Gasteiger partial charge in [-0.25, -0.2) is 4.68 Å². The minimum absolute atomic E-state index is 0.182. The number of fused-ring (bicyclic) bond motifs is 1. The lowest BCUT2D eigenvalue weighted by Gasteiger charge is -2.09. The van der Waals surface area contributed by atoms with Crippen LogP contribution in [-0.2, 0) is 6.42 Å². The van der Waals surface area contributed by atoms with E-state index in [1.165, 1.54) is 4.52 Å². The molecule has 0 spiro atoms. The van der Waals surface area contributed by atoms with E-state index in [1.807, 2.05) is 66.9 Å². The lowest BCUT2D eigenvalue weighted by molar-refractivity contribution is 0.355. The molecule has 0 fully saturated rings. The van der Waals surface area contributed by atoms with Crippen molar-refractivity contribution in [2.24, 2.45) is 0 Å². The SMILES string of the molecule is COc1ccc(Cc2nn3c(=O)c(=Cc4cn(-c5ccccc5)nc4-c4ccc(OC)c(OC)c4)sc3nc2=O)cc1. The monoisotopic (exact) mass is 579 g/mol. The molecule has 0 bridgehead atoms. The van der Waals surface area contributed by atoms with Crippen LogP contribution in [0.25, 0.3) is 28.0 Å². The summed E-state index contributed by atoms with van der Waals surface area (Å²) < 4.78 is 19.4. The van der Waals surface area contributed by atoms with Crippen LogP contribution in [0.1, 0.15) is 16.8 Å². The summed E-state index contributed by atoms with van der Waals surface area (Å²) in [5, 5.41) is 9.23. The van der Waals surface area contributed by atoms with E-state index in [9.17, 15) is 9.59 Å². The molecule has 42 heavy (non-hydrogen) atoms. The standard InChI is InChI=1S/C31H25N5O5S/c1-39-23-12-9-19(10-13-23)15-24-29(37)32-31-36(33-24)30(38)27(42-31)17-21-18-35(22-7-5-4-6-8-22)34-28(21)20-11-14-25(40-2)26(16-20)41-3/h4-14,16-18H,15H2,1-3H3. The minimum atomic E-state index is -0.471. The Hall–Kier alpha value is -5.29. The van der Waals surface area contributed by atoms with Crippen LogP contribution in [0.3, 0.4) is 0 Å². The van der Waals surface area contributed by atoms with E-state index in [0.29, 0.717) is 33.0 Å². The molecule has 0 amide bonds. The van der Waals surface area contributed by atoms with Crippen LogP contribution in [0.2, 0.25) is 0 Å². The lowest BCUT2D eigenvalue weighted by Crippen LogP contribution is -2.28. The maximum atomic E-state index is 13.5. The highest BCUT2D eigenvalue weighted by atomic mass is 32.1. The average Bonchev–Trinajstić information content (AvgIpc) is 3.58. The summed E-state index contributed by atoms with van der Waals surface area (Å²) in [6.07, 6.45) is 3.83. The molecule has 6 aromatic rings. The van der Waals surface area contributed by atoms with Gasteiger partial charge in [-0.05, 0) is 54.1 Å². The topological polar surface area (TPSA) is 110 Å². The van der Waals surface area contributed by atoms with Crippen molar-refractivity contribution in [3.63, 3.8) is 0 Å². The molecule has 3 aromatic heterocycles. The highest BCUT2D eigenvalue weighted by Crippen LogP contribution is 2.33. The van der Waals surface area contributed by atoms with Gasteiger partial charge in [-0.2, -0.15) is 19.7 Å². The summed E-state index contributed by atoms with van der Waals surface area (Å²) >= 11 is 1.10. The second kappa shape index (κ2) is 11.3. The van der Waals surface area contributed by atoms with E-state index in [1.54, 1.807) is 44.2 Å². The first kappa shape index (κ1) is 26.9. The number of hydrogen-bond acceptors (Lipinski definition) is 9. The zero-order valence-corrected chi connectivity index (χ0v) is 23.8. The van der Waals surface area contributed by atoms with Gasteiger partial charge in [0.05, 0.1) is 31.5 Å². The maximum Gasteiger partial charge on any atom is 0.296 e. The van der Waals surface area contributed by atoms with Crippen LogP contribution in [0.15, 0.2) is 88.6 Å². The zero-order chi connectivity index (χ0) is 29.2. The fourth-order valence-corrected chi connectivity index (χ4v) is 5.44. The minimum Gasteiger partial charge on any atom is -0.497 e. The van der Waals surface area contributed by atoms with Crippen molar-refractivity contribution in [2.45, 2.75) is 6.42 Å². The van der Waals surface area contributed by atoms with E-state index < -0.39 is 5.56 Å². The van der Waals surface area contributed by atoms with Gasteiger partial charge in [-0.3, -0.25) is 9.59 Å². The Morgan fingerprint density at radius 2 is 1.62 bits per heavy atom. The number of hydrogen-bond donors (Lipinski definition) is 0.